The van der Waals surface area contributed by atoms with Gasteiger partial charge in [-0.15, -0.1) is 0 Å². The topological polar surface area (TPSA) is 46.6 Å². The molecule has 4 nitrogen and oxygen atoms in total. The number of Topliss-reactive ketones (excluding diaryl/α,β-unsaturated/α-hetero) is 1. The molecule has 4 heteroatoms. The number of carbonyl (C=O) groups excluding carboxylic acids is 2. The predicted octanol–water partition coefficient (Wildman–Crippen LogP) is 3.01. The molecule has 0 saturated heterocycles. The van der Waals surface area contributed by atoms with Crippen LogP contribution in [-0.4, -0.2) is 29.4 Å². The largest absolute Gasteiger partial charge is 0.445 e. The van der Waals surface area contributed by atoms with Crippen LogP contribution in [0.3, 0.4) is 0 Å². The molecule has 0 radical (unpaired) electrons. The maximum atomic E-state index is 12.0. The first kappa shape index (κ1) is 15.2. The maximum absolute atomic E-state index is 12.0. The molecule has 0 aliphatic rings. The van der Waals surface area contributed by atoms with E-state index in [2.05, 4.69) is 0 Å². The number of carbonyl (C=O) groups is 2. The Kier molecular flexibility index (Phi) is 6.06. The second kappa shape index (κ2) is 7.56. The van der Waals surface area contributed by atoms with Crippen LogP contribution >= 0.6 is 0 Å². The summed E-state index contributed by atoms with van der Waals surface area (Å²) in [5.74, 6) is 0.0708. The molecule has 0 fully saturated rings. The lowest BCUT2D eigenvalue weighted by molar-refractivity contribution is -0.117. The third kappa shape index (κ3) is 5.55. The summed E-state index contributed by atoms with van der Waals surface area (Å²) in [7, 11) is 0. The van der Waals surface area contributed by atoms with E-state index in [1.54, 1.807) is 4.90 Å². The Morgan fingerprint density at radius 3 is 2.37 bits per heavy atom. The van der Waals surface area contributed by atoms with E-state index in [4.69, 9.17) is 4.74 Å². The Balaban J connectivity index is 2.50. The molecule has 0 spiro atoms. The van der Waals surface area contributed by atoms with E-state index in [0.717, 1.165) is 5.56 Å². The smallest absolute Gasteiger partial charge is 0.410 e. The molecule has 1 rings (SSSR count). The molecule has 0 aliphatic heterocycles. The number of hydrogen-bond acceptors (Lipinski definition) is 3. The summed E-state index contributed by atoms with van der Waals surface area (Å²) in [6.45, 7) is 5.99. The van der Waals surface area contributed by atoms with Crippen LogP contribution in [0.2, 0.25) is 0 Å². The van der Waals surface area contributed by atoms with Gasteiger partial charge in [0.25, 0.3) is 0 Å². The van der Waals surface area contributed by atoms with Crippen LogP contribution in [0.5, 0.6) is 0 Å². The summed E-state index contributed by atoms with van der Waals surface area (Å²) in [6, 6.07) is 9.55. The fourth-order valence-electron chi connectivity index (χ4n) is 1.64. The Morgan fingerprint density at radius 2 is 1.84 bits per heavy atom. The second-order valence-electron chi connectivity index (χ2n) is 4.78. The quantitative estimate of drug-likeness (QED) is 0.792. The van der Waals surface area contributed by atoms with Crippen molar-refractivity contribution in [1.82, 2.24) is 4.90 Å². The van der Waals surface area contributed by atoms with Gasteiger partial charge in [0.1, 0.15) is 12.4 Å². The average molecular weight is 263 g/mol. The van der Waals surface area contributed by atoms with E-state index in [1.165, 1.54) is 6.92 Å². The van der Waals surface area contributed by atoms with Crippen LogP contribution in [0.1, 0.15) is 32.8 Å². The van der Waals surface area contributed by atoms with Gasteiger partial charge >= 0.3 is 6.09 Å². The van der Waals surface area contributed by atoms with Crippen molar-refractivity contribution in [3.63, 3.8) is 0 Å². The average Bonchev–Trinajstić information content (AvgIpc) is 2.37. The third-order valence-electron chi connectivity index (χ3n) is 2.77. The van der Waals surface area contributed by atoms with E-state index in [9.17, 15) is 9.59 Å². The van der Waals surface area contributed by atoms with Gasteiger partial charge in [-0.25, -0.2) is 4.79 Å². The first-order chi connectivity index (χ1) is 9.00. The van der Waals surface area contributed by atoms with Gasteiger partial charge in [-0.05, 0) is 26.3 Å². The van der Waals surface area contributed by atoms with Crippen LogP contribution in [0.25, 0.3) is 0 Å². The van der Waals surface area contributed by atoms with E-state index in [-0.39, 0.29) is 24.5 Å². The van der Waals surface area contributed by atoms with Gasteiger partial charge in [0.15, 0.2) is 0 Å². The maximum Gasteiger partial charge on any atom is 0.410 e. The first-order valence-electron chi connectivity index (χ1n) is 6.47. The highest BCUT2D eigenvalue weighted by Gasteiger charge is 2.18. The van der Waals surface area contributed by atoms with Crippen molar-refractivity contribution >= 4 is 11.9 Å². The summed E-state index contributed by atoms with van der Waals surface area (Å²) in [5, 5.41) is 0. The normalized spacial score (nSPS) is 10.3. The molecule has 104 valence electrons. The minimum absolute atomic E-state index is 0.0163. The van der Waals surface area contributed by atoms with Gasteiger partial charge in [0, 0.05) is 19.0 Å². The van der Waals surface area contributed by atoms with Crippen LogP contribution in [0.4, 0.5) is 4.79 Å². The van der Waals surface area contributed by atoms with Crippen molar-refractivity contribution in [2.24, 2.45) is 0 Å². The molecule has 0 N–H and O–H groups in total. The number of ether oxygens (including phenoxy) is 1. The Bertz CT molecular complexity index is 415. The van der Waals surface area contributed by atoms with Crippen molar-refractivity contribution in [3.8, 4) is 0 Å². The molecule has 0 saturated carbocycles. The summed E-state index contributed by atoms with van der Waals surface area (Å²) >= 11 is 0. The number of rotatable bonds is 6. The lowest BCUT2D eigenvalue weighted by Crippen LogP contribution is -2.38. The molecular weight excluding hydrogens is 242 g/mol. The zero-order valence-corrected chi connectivity index (χ0v) is 11.8. The lowest BCUT2D eigenvalue weighted by Gasteiger charge is -2.25. The summed E-state index contributed by atoms with van der Waals surface area (Å²) in [6.07, 6.45) is -0.0152. The Labute approximate surface area is 114 Å². The van der Waals surface area contributed by atoms with Crippen molar-refractivity contribution in [2.45, 2.75) is 39.8 Å². The highest BCUT2D eigenvalue weighted by atomic mass is 16.6. The number of ketones is 1. The van der Waals surface area contributed by atoms with Gasteiger partial charge in [-0.1, -0.05) is 30.3 Å². The fraction of sp³-hybridized carbons (Fsp3) is 0.467. The van der Waals surface area contributed by atoms with Crippen LogP contribution in [0.15, 0.2) is 30.3 Å². The first-order valence-corrected chi connectivity index (χ1v) is 6.47. The van der Waals surface area contributed by atoms with E-state index in [1.807, 2.05) is 44.2 Å². The summed E-state index contributed by atoms with van der Waals surface area (Å²) < 4.78 is 5.26. The van der Waals surface area contributed by atoms with Crippen molar-refractivity contribution in [1.29, 1.82) is 0 Å². The molecule has 0 unspecified atom stereocenters. The van der Waals surface area contributed by atoms with Gasteiger partial charge in [-0.2, -0.15) is 0 Å². The van der Waals surface area contributed by atoms with Crippen molar-refractivity contribution < 1.29 is 14.3 Å². The number of benzene rings is 1. The molecule has 1 aromatic carbocycles. The van der Waals surface area contributed by atoms with E-state index >= 15 is 0 Å². The summed E-state index contributed by atoms with van der Waals surface area (Å²) in [4.78, 5) is 24.5. The molecule has 0 aliphatic carbocycles. The van der Waals surface area contributed by atoms with Crippen LogP contribution in [0, 0.1) is 0 Å². The molecule has 19 heavy (non-hydrogen) atoms. The van der Waals surface area contributed by atoms with Gasteiger partial charge in [-0.3, -0.25) is 4.79 Å². The molecule has 1 aromatic rings. The number of amides is 1. The Morgan fingerprint density at radius 1 is 1.21 bits per heavy atom. The zero-order chi connectivity index (χ0) is 14.3. The molecule has 0 heterocycles. The Hall–Kier alpha value is -1.84. The summed E-state index contributed by atoms with van der Waals surface area (Å²) in [5.41, 5.74) is 0.950. The third-order valence-corrected chi connectivity index (χ3v) is 2.77. The van der Waals surface area contributed by atoms with Crippen LogP contribution < -0.4 is 0 Å². The SMILES string of the molecule is CC(=O)CCN(C(=O)OCc1ccccc1)C(C)C. The zero-order valence-electron chi connectivity index (χ0n) is 11.8. The number of hydrogen-bond donors (Lipinski definition) is 0. The number of nitrogens with zero attached hydrogens (tertiary/aromatic N) is 1. The molecule has 0 aromatic heterocycles. The second-order valence-corrected chi connectivity index (χ2v) is 4.78. The lowest BCUT2D eigenvalue weighted by atomic mass is 10.2. The fourth-order valence-corrected chi connectivity index (χ4v) is 1.64. The van der Waals surface area contributed by atoms with Gasteiger partial charge in [0.05, 0.1) is 0 Å². The monoisotopic (exact) mass is 263 g/mol. The molecule has 0 bridgehead atoms. The molecule has 0 atom stereocenters. The predicted molar refractivity (Wildman–Crippen MR) is 73.8 cm³/mol. The van der Waals surface area contributed by atoms with E-state index in [0.29, 0.717) is 13.0 Å². The van der Waals surface area contributed by atoms with Crippen LogP contribution in [-0.2, 0) is 16.1 Å². The van der Waals surface area contributed by atoms with E-state index < -0.39 is 0 Å². The molecule has 1 amide bonds. The highest BCUT2D eigenvalue weighted by molar-refractivity contribution is 5.76. The standard InChI is InChI=1S/C15H21NO3/c1-12(2)16(10-9-13(3)17)15(18)19-11-14-7-5-4-6-8-14/h4-8,12H,9-11H2,1-3H3. The highest BCUT2D eigenvalue weighted by Crippen LogP contribution is 2.07. The molecular formula is C15H21NO3. The minimum Gasteiger partial charge on any atom is -0.445 e. The van der Waals surface area contributed by atoms with Gasteiger partial charge in [0.2, 0.25) is 0 Å². The minimum atomic E-state index is -0.375. The van der Waals surface area contributed by atoms with Crippen molar-refractivity contribution in [3.05, 3.63) is 35.9 Å². The van der Waals surface area contributed by atoms with Gasteiger partial charge < -0.3 is 9.64 Å². The van der Waals surface area contributed by atoms with Crippen molar-refractivity contribution in [2.75, 3.05) is 6.54 Å².